The Morgan fingerprint density at radius 2 is 2.06 bits per heavy atom. The first kappa shape index (κ1) is 13.8. The van der Waals surface area contributed by atoms with Crippen molar-refractivity contribution >= 4 is 5.91 Å². The fraction of sp³-hybridized carbons (Fsp3) is 0.929. The molecule has 2 fully saturated rings. The van der Waals surface area contributed by atoms with Crippen LogP contribution in [0.15, 0.2) is 0 Å². The molecule has 0 spiro atoms. The molecule has 0 bridgehead atoms. The summed E-state index contributed by atoms with van der Waals surface area (Å²) in [6, 6.07) is 0.881. The maximum absolute atomic E-state index is 12.2. The molecule has 2 N–H and O–H groups in total. The maximum atomic E-state index is 12.2. The van der Waals surface area contributed by atoms with Crippen LogP contribution in [0.5, 0.6) is 0 Å². The Kier molecular flexibility index (Phi) is 4.28. The number of nitrogens with two attached hydrogens (primary N) is 1. The Balaban J connectivity index is 1.94. The monoisotopic (exact) mass is 253 g/mol. The summed E-state index contributed by atoms with van der Waals surface area (Å²) in [6.45, 7) is 6.74. The van der Waals surface area contributed by atoms with E-state index in [9.17, 15) is 4.79 Å². The van der Waals surface area contributed by atoms with Gasteiger partial charge >= 0.3 is 0 Å². The van der Waals surface area contributed by atoms with Gasteiger partial charge in [-0.15, -0.1) is 0 Å². The van der Waals surface area contributed by atoms with Crippen LogP contribution < -0.4 is 5.73 Å². The van der Waals surface area contributed by atoms with E-state index in [-0.39, 0.29) is 5.91 Å². The highest BCUT2D eigenvalue weighted by Gasteiger charge is 2.35. The fourth-order valence-electron chi connectivity index (χ4n) is 3.28. The molecular weight excluding hydrogens is 226 g/mol. The standard InChI is InChI=1S/C14H27N3O/c1-10-6-11(2)13(7-15)17(8-10)9-14(18)16(3)12-4-5-12/h10-13H,4-9,15H2,1-3H3. The molecule has 2 aliphatic rings. The molecule has 1 aliphatic carbocycles. The summed E-state index contributed by atoms with van der Waals surface area (Å²) in [5.74, 6) is 1.52. The van der Waals surface area contributed by atoms with E-state index in [0.29, 0.717) is 37.0 Å². The van der Waals surface area contributed by atoms with E-state index in [1.807, 2.05) is 11.9 Å². The molecule has 1 heterocycles. The largest absolute Gasteiger partial charge is 0.342 e. The SMILES string of the molecule is CC1CC(C)C(CN)N(CC(=O)N(C)C2CC2)C1. The zero-order valence-electron chi connectivity index (χ0n) is 11.9. The third-order valence-corrected chi connectivity index (χ3v) is 4.51. The smallest absolute Gasteiger partial charge is 0.236 e. The highest BCUT2D eigenvalue weighted by Crippen LogP contribution is 2.28. The Morgan fingerprint density at radius 3 is 2.61 bits per heavy atom. The molecule has 4 nitrogen and oxygen atoms in total. The van der Waals surface area contributed by atoms with Gasteiger partial charge in [-0.1, -0.05) is 13.8 Å². The van der Waals surface area contributed by atoms with E-state index in [1.54, 1.807) is 0 Å². The summed E-state index contributed by atoms with van der Waals surface area (Å²) in [6.07, 6.45) is 3.58. The number of piperidine rings is 1. The van der Waals surface area contributed by atoms with Crippen LogP contribution in [0.3, 0.4) is 0 Å². The van der Waals surface area contributed by atoms with Crippen molar-refractivity contribution in [1.82, 2.24) is 9.80 Å². The van der Waals surface area contributed by atoms with Crippen LogP contribution in [0, 0.1) is 11.8 Å². The van der Waals surface area contributed by atoms with Gasteiger partial charge in [-0.3, -0.25) is 9.69 Å². The number of amides is 1. The summed E-state index contributed by atoms with van der Waals surface area (Å²) in [5.41, 5.74) is 5.89. The van der Waals surface area contributed by atoms with Crippen LogP contribution in [-0.4, -0.2) is 54.5 Å². The number of carbonyl (C=O) groups is 1. The number of likely N-dealkylation sites (tertiary alicyclic amines) is 1. The summed E-state index contributed by atoms with van der Waals surface area (Å²) >= 11 is 0. The molecule has 18 heavy (non-hydrogen) atoms. The second-order valence-corrected chi connectivity index (χ2v) is 6.29. The van der Waals surface area contributed by atoms with Crippen molar-refractivity contribution in [1.29, 1.82) is 0 Å². The van der Waals surface area contributed by atoms with Gasteiger partial charge < -0.3 is 10.6 Å². The minimum Gasteiger partial charge on any atom is -0.342 e. The average molecular weight is 253 g/mol. The van der Waals surface area contributed by atoms with E-state index < -0.39 is 0 Å². The van der Waals surface area contributed by atoms with Gasteiger partial charge in [-0.25, -0.2) is 0 Å². The number of hydrogen-bond donors (Lipinski definition) is 1. The maximum Gasteiger partial charge on any atom is 0.236 e. The molecule has 1 saturated heterocycles. The molecule has 1 saturated carbocycles. The van der Waals surface area contributed by atoms with Gasteiger partial charge in [0.1, 0.15) is 0 Å². The predicted molar refractivity (Wildman–Crippen MR) is 73.2 cm³/mol. The van der Waals surface area contributed by atoms with Gasteiger partial charge in [0.05, 0.1) is 6.54 Å². The zero-order valence-corrected chi connectivity index (χ0v) is 11.9. The number of hydrogen-bond acceptors (Lipinski definition) is 3. The molecule has 0 aromatic carbocycles. The number of nitrogens with zero attached hydrogens (tertiary/aromatic N) is 2. The van der Waals surface area contributed by atoms with E-state index in [0.717, 1.165) is 6.54 Å². The number of likely N-dealkylation sites (N-methyl/N-ethyl adjacent to an activating group) is 1. The molecule has 104 valence electrons. The molecule has 3 unspecified atom stereocenters. The van der Waals surface area contributed by atoms with Crippen molar-refractivity contribution in [2.24, 2.45) is 17.6 Å². The third-order valence-electron chi connectivity index (χ3n) is 4.51. The van der Waals surface area contributed by atoms with Gasteiger partial charge in [0, 0.05) is 32.2 Å². The zero-order chi connectivity index (χ0) is 13.3. The second kappa shape index (κ2) is 5.57. The topological polar surface area (TPSA) is 49.6 Å². The number of carbonyl (C=O) groups excluding carboxylic acids is 1. The molecule has 1 amide bonds. The summed E-state index contributed by atoms with van der Waals surface area (Å²) in [4.78, 5) is 16.4. The van der Waals surface area contributed by atoms with Crippen LogP contribution in [-0.2, 0) is 4.79 Å². The van der Waals surface area contributed by atoms with Crippen LogP contribution in [0.4, 0.5) is 0 Å². The lowest BCUT2D eigenvalue weighted by molar-refractivity contribution is -0.133. The molecule has 0 radical (unpaired) electrons. The Morgan fingerprint density at radius 1 is 1.39 bits per heavy atom. The Hall–Kier alpha value is -0.610. The first-order chi connectivity index (χ1) is 8.52. The molecule has 2 rings (SSSR count). The predicted octanol–water partition coefficient (Wildman–Crippen LogP) is 0.912. The first-order valence-electron chi connectivity index (χ1n) is 7.22. The van der Waals surface area contributed by atoms with E-state index in [4.69, 9.17) is 5.73 Å². The van der Waals surface area contributed by atoms with Gasteiger partial charge in [-0.05, 0) is 31.1 Å². The molecule has 3 atom stereocenters. The van der Waals surface area contributed by atoms with Crippen molar-refractivity contribution in [3.63, 3.8) is 0 Å². The molecule has 1 aliphatic heterocycles. The average Bonchev–Trinajstić information content (AvgIpc) is 3.11. The van der Waals surface area contributed by atoms with E-state index in [2.05, 4.69) is 18.7 Å². The Bertz CT molecular complexity index is 303. The van der Waals surface area contributed by atoms with Crippen molar-refractivity contribution in [3.05, 3.63) is 0 Å². The summed E-state index contributed by atoms with van der Waals surface area (Å²) in [7, 11) is 1.94. The highest BCUT2D eigenvalue weighted by molar-refractivity contribution is 5.78. The van der Waals surface area contributed by atoms with Crippen LogP contribution >= 0.6 is 0 Å². The van der Waals surface area contributed by atoms with Gasteiger partial charge in [-0.2, -0.15) is 0 Å². The molecule has 4 heteroatoms. The van der Waals surface area contributed by atoms with Gasteiger partial charge in [0.15, 0.2) is 0 Å². The van der Waals surface area contributed by atoms with Crippen molar-refractivity contribution < 1.29 is 4.79 Å². The normalized spacial score (nSPS) is 33.4. The van der Waals surface area contributed by atoms with Crippen molar-refractivity contribution in [3.8, 4) is 0 Å². The van der Waals surface area contributed by atoms with Crippen molar-refractivity contribution in [2.45, 2.75) is 45.2 Å². The van der Waals surface area contributed by atoms with Crippen molar-refractivity contribution in [2.75, 3.05) is 26.7 Å². The van der Waals surface area contributed by atoms with Crippen LogP contribution in [0.1, 0.15) is 33.1 Å². The summed E-state index contributed by atoms with van der Waals surface area (Å²) in [5, 5.41) is 0. The minimum absolute atomic E-state index is 0.261. The summed E-state index contributed by atoms with van der Waals surface area (Å²) < 4.78 is 0. The quantitative estimate of drug-likeness (QED) is 0.810. The molecule has 0 aromatic heterocycles. The van der Waals surface area contributed by atoms with Crippen LogP contribution in [0.25, 0.3) is 0 Å². The fourth-order valence-corrected chi connectivity index (χ4v) is 3.28. The van der Waals surface area contributed by atoms with Gasteiger partial charge in [0.25, 0.3) is 0 Å². The molecule has 0 aromatic rings. The lowest BCUT2D eigenvalue weighted by atomic mass is 9.85. The Labute approximate surface area is 110 Å². The van der Waals surface area contributed by atoms with Crippen LogP contribution in [0.2, 0.25) is 0 Å². The van der Waals surface area contributed by atoms with E-state index >= 15 is 0 Å². The second-order valence-electron chi connectivity index (χ2n) is 6.29. The molecular formula is C14H27N3O. The lowest BCUT2D eigenvalue weighted by Gasteiger charge is -2.42. The minimum atomic E-state index is 0.261. The lowest BCUT2D eigenvalue weighted by Crippen LogP contribution is -2.54. The highest BCUT2D eigenvalue weighted by atomic mass is 16.2. The number of rotatable bonds is 4. The van der Waals surface area contributed by atoms with E-state index in [1.165, 1.54) is 19.3 Å². The third kappa shape index (κ3) is 3.04. The van der Waals surface area contributed by atoms with Gasteiger partial charge in [0.2, 0.25) is 5.91 Å². The first-order valence-corrected chi connectivity index (χ1v) is 7.22.